The van der Waals surface area contributed by atoms with Gasteiger partial charge in [-0.15, -0.1) is 0 Å². The topological polar surface area (TPSA) is 104 Å². The van der Waals surface area contributed by atoms with Crippen molar-refractivity contribution in [2.75, 3.05) is 11.5 Å². The Morgan fingerprint density at radius 3 is 2.30 bits per heavy atom. The summed E-state index contributed by atoms with van der Waals surface area (Å²) in [7, 11) is 0. The standard InChI is InChI=1S/C41H35ClN2O6/c1-2-50-34-20-25(16-19-33(34)45)36-29-17-18-30-35(39(48)43(37(30)46)23-24-10-5-3-6-11-24)31(29)22-32-38(47)44(28-15-9-14-27(42)21-28)40(49)41(32,36)26-12-7-4-8-13-26/h3-17,19-21,30-32,35-36,45H,2,18,22-23H2,1H3/t30-,31+,32-,35-,36-,41+/m0/s1. The van der Waals surface area contributed by atoms with E-state index in [0.29, 0.717) is 34.9 Å². The molecule has 50 heavy (non-hydrogen) atoms. The van der Waals surface area contributed by atoms with Crippen LogP contribution in [0.5, 0.6) is 11.5 Å². The van der Waals surface area contributed by atoms with Gasteiger partial charge in [-0.3, -0.25) is 24.1 Å². The summed E-state index contributed by atoms with van der Waals surface area (Å²) in [6, 6.07) is 30.5. The number of phenols is 1. The molecule has 3 fully saturated rings. The van der Waals surface area contributed by atoms with Gasteiger partial charge in [0.15, 0.2) is 11.5 Å². The highest BCUT2D eigenvalue weighted by Crippen LogP contribution is 2.64. The summed E-state index contributed by atoms with van der Waals surface area (Å²) in [5, 5.41) is 11.1. The number of hydrogen-bond donors (Lipinski definition) is 1. The van der Waals surface area contributed by atoms with E-state index in [1.165, 1.54) is 9.80 Å². The first-order valence-corrected chi connectivity index (χ1v) is 17.4. The van der Waals surface area contributed by atoms with Crippen molar-refractivity contribution in [1.29, 1.82) is 0 Å². The van der Waals surface area contributed by atoms with Gasteiger partial charge in [-0.05, 0) is 72.7 Å². The van der Waals surface area contributed by atoms with E-state index in [1.807, 2.05) is 73.7 Å². The molecule has 4 aliphatic rings. The van der Waals surface area contributed by atoms with Crippen LogP contribution < -0.4 is 9.64 Å². The lowest BCUT2D eigenvalue weighted by atomic mass is 9.49. The number of likely N-dealkylation sites (tertiary alicyclic amines) is 1. The molecule has 2 heterocycles. The van der Waals surface area contributed by atoms with Crippen molar-refractivity contribution >= 4 is 40.9 Å². The Bertz CT molecular complexity index is 2070. The third-order valence-corrected chi connectivity index (χ3v) is 11.3. The molecule has 8 nitrogen and oxygen atoms in total. The maximum Gasteiger partial charge on any atom is 0.246 e. The van der Waals surface area contributed by atoms with E-state index in [-0.39, 0.29) is 42.2 Å². The largest absolute Gasteiger partial charge is 0.504 e. The summed E-state index contributed by atoms with van der Waals surface area (Å²) < 4.78 is 5.83. The van der Waals surface area contributed by atoms with Crippen molar-refractivity contribution in [2.24, 2.45) is 23.7 Å². The van der Waals surface area contributed by atoms with Gasteiger partial charge in [0.2, 0.25) is 23.6 Å². The summed E-state index contributed by atoms with van der Waals surface area (Å²) in [4.78, 5) is 61.1. The second kappa shape index (κ2) is 12.3. The van der Waals surface area contributed by atoms with Crippen LogP contribution in [0.1, 0.15) is 42.4 Å². The summed E-state index contributed by atoms with van der Waals surface area (Å²) in [5.74, 6) is -4.37. The maximum atomic E-state index is 15.3. The summed E-state index contributed by atoms with van der Waals surface area (Å²) >= 11 is 6.40. The molecule has 252 valence electrons. The number of carbonyl (C=O) groups excluding carboxylic acids is 4. The molecule has 2 aliphatic heterocycles. The second-order valence-corrected chi connectivity index (χ2v) is 13.9. The van der Waals surface area contributed by atoms with Crippen LogP contribution in [-0.2, 0) is 31.1 Å². The molecule has 8 rings (SSSR count). The lowest BCUT2D eigenvalue weighted by Crippen LogP contribution is -2.53. The number of fused-ring (bicyclic) bond motifs is 4. The summed E-state index contributed by atoms with van der Waals surface area (Å²) in [6.45, 7) is 2.29. The van der Waals surface area contributed by atoms with Gasteiger partial charge in [-0.25, -0.2) is 4.90 Å². The molecule has 2 aliphatic carbocycles. The van der Waals surface area contributed by atoms with Crippen LogP contribution in [-0.4, -0.2) is 40.2 Å². The lowest BCUT2D eigenvalue weighted by molar-refractivity contribution is -0.141. The first kappa shape index (κ1) is 32.0. The Morgan fingerprint density at radius 1 is 0.840 bits per heavy atom. The van der Waals surface area contributed by atoms with E-state index < -0.39 is 40.9 Å². The van der Waals surface area contributed by atoms with Crippen molar-refractivity contribution in [3.63, 3.8) is 0 Å². The van der Waals surface area contributed by atoms with Gasteiger partial charge in [0.05, 0.1) is 42.0 Å². The van der Waals surface area contributed by atoms with Crippen LogP contribution in [0.25, 0.3) is 0 Å². The Labute approximate surface area is 294 Å². The highest BCUT2D eigenvalue weighted by molar-refractivity contribution is 6.32. The smallest absolute Gasteiger partial charge is 0.246 e. The molecular weight excluding hydrogens is 652 g/mol. The Hall–Kier alpha value is -5.21. The quantitative estimate of drug-likeness (QED) is 0.169. The van der Waals surface area contributed by atoms with Gasteiger partial charge >= 0.3 is 0 Å². The number of benzene rings is 4. The van der Waals surface area contributed by atoms with Gasteiger partial charge in [-0.2, -0.15) is 0 Å². The minimum atomic E-state index is -1.41. The van der Waals surface area contributed by atoms with Gasteiger partial charge in [0, 0.05) is 10.9 Å². The highest BCUT2D eigenvalue weighted by Gasteiger charge is 2.70. The number of carbonyl (C=O) groups is 4. The number of hydrogen-bond acceptors (Lipinski definition) is 6. The molecule has 6 atom stereocenters. The molecule has 9 heteroatoms. The van der Waals surface area contributed by atoms with Crippen molar-refractivity contribution in [2.45, 2.75) is 37.6 Å². The van der Waals surface area contributed by atoms with Crippen molar-refractivity contribution in [3.8, 4) is 11.5 Å². The number of halogens is 1. The number of rotatable bonds is 7. The van der Waals surface area contributed by atoms with Crippen molar-refractivity contribution in [1.82, 2.24) is 4.90 Å². The SMILES string of the molecule is CCOc1cc([C@H]2C3=CC[C@@H]4C(=O)N(Cc5ccccc5)C(=O)[C@@H]4[C@@H]3C[C@H]3C(=O)N(c4cccc(Cl)c4)C(=O)[C@@]23c2ccccc2)ccc1O. The van der Waals surface area contributed by atoms with E-state index in [4.69, 9.17) is 16.3 Å². The number of amides is 4. The van der Waals surface area contributed by atoms with Gasteiger partial charge in [-0.1, -0.05) is 96.0 Å². The number of allylic oxidation sites excluding steroid dienone is 2. The molecule has 0 aromatic heterocycles. The number of aromatic hydroxyl groups is 1. The predicted octanol–water partition coefficient (Wildman–Crippen LogP) is 6.81. The predicted molar refractivity (Wildman–Crippen MR) is 187 cm³/mol. The van der Waals surface area contributed by atoms with Crippen LogP contribution in [0.3, 0.4) is 0 Å². The minimum Gasteiger partial charge on any atom is -0.504 e. The molecule has 4 aromatic rings. The number of imide groups is 2. The summed E-state index contributed by atoms with van der Waals surface area (Å²) in [5.41, 5.74) is 1.99. The van der Waals surface area contributed by atoms with Crippen molar-refractivity contribution in [3.05, 3.63) is 136 Å². The maximum absolute atomic E-state index is 15.3. The normalized spacial score (nSPS) is 27.2. The Balaban J connectivity index is 1.33. The molecular formula is C41H35ClN2O6. The molecule has 4 amide bonds. The Morgan fingerprint density at radius 2 is 1.58 bits per heavy atom. The molecule has 0 unspecified atom stereocenters. The fourth-order valence-electron chi connectivity index (χ4n) is 9.09. The first-order chi connectivity index (χ1) is 24.2. The van der Waals surface area contributed by atoms with Crippen LogP contribution in [0.4, 0.5) is 5.69 Å². The number of ether oxygens (including phenoxy) is 1. The zero-order valence-corrected chi connectivity index (χ0v) is 28.1. The Kier molecular flexibility index (Phi) is 7.87. The highest BCUT2D eigenvalue weighted by atomic mass is 35.5. The third-order valence-electron chi connectivity index (χ3n) is 11.1. The monoisotopic (exact) mass is 686 g/mol. The van der Waals surface area contributed by atoms with E-state index in [9.17, 15) is 19.5 Å². The van der Waals surface area contributed by atoms with E-state index >= 15 is 4.79 Å². The molecule has 0 spiro atoms. The molecule has 0 radical (unpaired) electrons. The van der Waals surface area contributed by atoms with Crippen LogP contribution in [0, 0.1) is 23.7 Å². The molecule has 4 aromatic carbocycles. The number of anilines is 1. The van der Waals surface area contributed by atoms with Crippen LogP contribution in [0.2, 0.25) is 5.02 Å². The van der Waals surface area contributed by atoms with Crippen molar-refractivity contribution < 1.29 is 29.0 Å². The van der Waals surface area contributed by atoms with Gasteiger partial charge in [0.25, 0.3) is 0 Å². The average molecular weight is 687 g/mol. The molecule has 1 N–H and O–H groups in total. The average Bonchev–Trinajstić information content (AvgIpc) is 3.50. The first-order valence-electron chi connectivity index (χ1n) is 17.0. The van der Waals surface area contributed by atoms with Gasteiger partial charge in [0.1, 0.15) is 0 Å². The van der Waals surface area contributed by atoms with E-state index in [1.54, 1.807) is 42.5 Å². The number of phenolic OH excluding ortho intramolecular Hbond substituents is 1. The van der Waals surface area contributed by atoms with Gasteiger partial charge < -0.3 is 9.84 Å². The summed E-state index contributed by atoms with van der Waals surface area (Å²) in [6.07, 6.45) is 2.56. The van der Waals surface area contributed by atoms with E-state index in [2.05, 4.69) is 0 Å². The fourth-order valence-corrected chi connectivity index (χ4v) is 9.27. The van der Waals surface area contributed by atoms with E-state index in [0.717, 1.165) is 11.1 Å². The molecule has 1 saturated carbocycles. The number of nitrogens with zero attached hydrogens (tertiary/aromatic N) is 2. The van der Waals surface area contributed by atoms with Crippen LogP contribution >= 0.6 is 11.6 Å². The fraction of sp³-hybridized carbons (Fsp3) is 0.268. The zero-order valence-electron chi connectivity index (χ0n) is 27.4. The van der Waals surface area contributed by atoms with Crippen LogP contribution in [0.15, 0.2) is 115 Å². The second-order valence-electron chi connectivity index (χ2n) is 13.5. The third kappa shape index (κ3) is 4.72. The zero-order chi connectivity index (χ0) is 34.7. The minimum absolute atomic E-state index is 0.0477. The molecule has 2 saturated heterocycles. The lowest BCUT2D eigenvalue weighted by Gasteiger charge is -2.50. The molecule has 0 bridgehead atoms.